The lowest BCUT2D eigenvalue weighted by atomic mass is 9.98. The zero-order valence-electron chi connectivity index (χ0n) is 11.2. The molecule has 0 bridgehead atoms. The summed E-state index contributed by atoms with van der Waals surface area (Å²) in [5.41, 5.74) is 0.850. The molecule has 100 valence electrons. The molecular weight excluding hydrogens is 228 g/mol. The topological polar surface area (TPSA) is 38.7 Å². The van der Waals surface area contributed by atoms with Gasteiger partial charge in [-0.15, -0.1) is 0 Å². The van der Waals surface area contributed by atoms with Crippen molar-refractivity contribution in [3.05, 3.63) is 23.8 Å². The zero-order chi connectivity index (χ0) is 13.0. The van der Waals surface area contributed by atoms with E-state index in [-0.39, 0.29) is 0 Å². The summed E-state index contributed by atoms with van der Waals surface area (Å²) in [6.07, 6.45) is 5.89. The van der Waals surface area contributed by atoms with E-state index in [1.807, 2.05) is 18.2 Å². The average molecular weight is 250 g/mol. The molecule has 0 saturated heterocycles. The van der Waals surface area contributed by atoms with Crippen LogP contribution in [0.1, 0.15) is 50.7 Å². The summed E-state index contributed by atoms with van der Waals surface area (Å²) >= 11 is 0. The first-order valence-electron chi connectivity index (χ1n) is 6.73. The van der Waals surface area contributed by atoms with Crippen molar-refractivity contribution in [2.75, 3.05) is 7.11 Å². The first-order chi connectivity index (χ1) is 8.70. The number of aliphatic hydroxyl groups is 1. The smallest absolute Gasteiger partial charge is 0.161 e. The number of ether oxygens (including phenoxy) is 2. The van der Waals surface area contributed by atoms with Gasteiger partial charge in [0.1, 0.15) is 0 Å². The van der Waals surface area contributed by atoms with Crippen LogP contribution in [0.25, 0.3) is 0 Å². The normalized spacial score (nSPS) is 18.4. The van der Waals surface area contributed by atoms with Crippen LogP contribution in [0.5, 0.6) is 11.5 Å². The lowest BCUT2D eigenvalue weighted by molar-refractivity contribution is 0.149. The zero-order valence-corrected chi connectivity index (χ0v) is 11.2. The summed E-state index contributed by atoms with van der Waals surface area (Å²) in [6, 6.07) is 5.64. The molecule has 1 fully saturated rings. The maximum absolute atomic E-state index is 9.56. The van der Waals surface area contributed by atoms with Gasteiger partial charge < -0.3 is 14.6 Å². The van der Waals surface area contributed by atoms with Crippen LogP contribution in [-0.2, 0) is 0 Å². The predicted octanol–water partition coefficient (Wildman–Crippen LogP) is 3.46. The summed E-state index contributed by atoms with van der Waals surface area (Å²) in [5.74, 6) is 1.49. The van der Waals surface area contributed by atoms with E-state index >= 15 is 0 Å². The Hall–Kier alpha value is -1.22. The highest BCUT2D eigenvalue weighted by Crippen LogP contribution is 2.33. The van der Waals surface area contributed by atoms with Gasteiger partial charge in [0, 0.05) is 0 Å². The van der Waals surface area contributed by atoms with Gasteiger partial charge in [0.25, 0.3) is 0 Å². The first kappa shape index (κ1) is 13.2. The van der Waals surface area contributed by atoms with Gasteiger partial charge in [0.05, 0.1) is 19.3 Å². The number of methoxy groups -OCH3 is 1. The van der Waals surface area contributed by atoms with Crippen molar-refractivity contribution in [3.8, 4) is 11.5 Å². The second-order valence-electron chi connectivity index (χ2n) is 4.96. The minimum Gasteiger partial charge on any atom is -0.493 e. The van der Waals surface area contributed by atoms with Gasteiger partial charge in [-0.3, -0.25) is 0 Å². The maximum Gasteiger partial charge on any atom is 0.161 e. The molecule has 1 aliphatic rings. The first-order valence-corrected chi connectivity index (χ1v) is 6.73. The Labute approximate surface area is 109 Å². The van der Waals surface area contributed by atoms with E-state index in [4.69, 9.17) is 9.47 Å². The summed E-state index contributed by atoms with van der Waals surface area (Å²) in [7, 11) is 1.63. The molecule has 1 atom stereocenters. The van der Waals surface area contributed by atoms with Gasteiger partial charge in [-0.2, -0.15) is 0 Å². The molecule has 0 heterocycles. The Morgan fingerprint density at radius 3 is 2.50 bits per heavy atom. The Morgan fingerprint density at radius 2 is 1.89 bits per heavy atom. The van der Waals surface area contributed by atoms with Gasteiger partial charge >= 0.3 is 0 Å². The lowest BCUT2D eigenvalue weighted by Gasteiger charge is -2.24. The predicted molar refractivity (Wildman–Crippen MR) is 71.1 cm³/mol. The van der Waals surface area contributed by atoms with Crippen molar-refractivity contribution < 1.29 is 14.6 Å². The third kappa shape index (κ3) is 3.16. The monoisotopic (exact) mass is 250 g/mol. The summed E-state index contributed by atoms with van der Waals surface area (Å²) < 4.78 is 11.3. The van der Waals surface area contributed by atoms with Crippen LogP contribution < -0.4 is 9.47 Å². The molecule has 0 amide bonds. The summed E-state index contributed by atoms with van der Waals surface area (Å²) in [5, 5.41) is 9.56. The van der Waals surface area contributed by atoms with Crippen LogP contribution in [-0.4, -0.2) is 18.3 Å². The van der Waals surface area contributed by atoms with Gasteiger partial charge in [-0.25, -0.2) is 0 Å². The van der Waals surface area contributed by atoms with Crippen LogP contribution in [0.4, 0.5) is 0 Å². The fourth-order valence-electron chi connectivity index (χ4n) is 2.40. The molecular formula is C15H22O3. The third-order valence-corrected chi connectivity index (χ3v) is 3.52. The fraction of sp³-hybridized carbons (Fsp3) is 0.600. The van der Waals surface area contributed by atoms with Crippen LogP contribution in [0, 0.1) is 0 Å². The lowest BCUT2D eigenvalue weighted by Crippen LogP contribution is -2.19. The Kier molecular flexibility index (Phi) is 4.48. The van der Waals surface area contributed by atoms with E-state index in [0.29, 0.717) is 11.9 Å². The van der Waals surface area contributed by atoms with E-state index in [0.717, 1.165) is 24.2 Å². The van der Waals surface area contributed by atoms with Crippen molar-refractivity contribution >= 4 is 0 Å². The third-order valence-electron chi connectivity index (χ3n) is 3.52. The quantitative estimate of drug-likeness (QED) is 0.889. The number of hydrogen-bond acceptors (Lipinski definition) is 3. The van der Waals surface area contributed by atoms with Crippen LogP contribution in [0.2, 0.25) is 0 Å². The van der Waals surface area contributed by atoms with E-state index in [1.54, 1.807) is 14.0 Å². The minimum atomic E-state index is -0.484. The fourth-order valence-corrected chi connectivity index (χ4v) is 2.40. The molecule has 1 N–H and O–H groups in total. The Balaban J connectivity index is 2.11. The molecule has 0 unspecified atom stereocenters. The molecule has 0 radical (unpaired) electrons. The molecule has 0 aromatic heterocycles. The highest BCUT2D eigenvalue weighted by atomic mass is 16.5. The second-order valence-corrected chi connectivity index (χ2v) is 4.96. The number of hydrogen-bond donors (Lipinski definition) is 1. The molecule has 1 aromatic rings. The molecule has 0 aliphatic heterocycles. The van der Waals surface area contributed by atoms with Crippen molar-refractivity contribution in [2.45, 2.75) is 51.2 Å². The van der Waals surface area contributed by atoms with E-state index in [9.17, 15) is 5.11 Å². The largest absolute Gasteiger partial charge is 0.493 e. The highest BCUT2D eigenvalue weighted by Gasteiger charge is 2.17. The van der Waals surface area contributed by atoms with Crippen molar-refractivity contribution in [3.63, 3.8) is 0 Å². The van der Waals surface area contributed by atoms with Gasteiger partial charge in [0.15, 0.2) is 11.5 Å². The minimum absolute atomic E-state index is 0.310. The Morgan fingerprint density at radius 1 is 1.17 bits per heavy atom. The maximum atomic E-state index is 9.56. The van der Waals surface area contributed by atoms with E-state index in [2.05, 4.69) is 0 Å². The van der Waals surface area contributed by atoms with Crippen molar-refractivity contribution in [1.29, 1.82) is 0 Å². The van der Waals surface area contributed by atoms with E-state index in [1.165, 1.54) is 19.3 Å². The van der Waals surface area contributed by atoms with E-state index < -0.39 is 6.10 Å². The number of rotatable bonds is 4. The standard InChI is InChI=1S/C15H22O3/c1-11(16)12-8-9-14(15(10-12)17-2)18-13-6-4-3-5-7-13/h8-11,13,16H,3-7H2,1-2H3/t11-/m1/s1. The average Bonchev–Trinajstić information content (AvgIpc) is 2.40. The van der Waals surface area contributed by atoms with Crippen LogP contribution in [0.3, 0.4) is 0 Å². The van der Waals surface area contributed by atoms with Crippen molar-refractivity contribution in [2.24, 2.45) is 0 Å². The molecule has 3 heteroatoms. The molecule has 3 nitrogen and oxygen atoms in total. The van der Waals surface area contributed by atoms with Crippen LogP contribution >= 0.6 is 0 Å². The number of aliphatic hydroxyl groups excluding tert-OH is 1. The second kappa shape index (κ2) is 6.10. The summed E-state index contributed by atoms with van der Waals surface area (Å²) in [6.45, 7) is 1.75. The molecule has 1 saturated carbocycles. The highest BCUT2D eigenvalue weighted by molar-refractivity contribution is 5.43. The van der Waals surface area contributed by atoms with Gasteiger partial charge in [-0.05, 0) is 50.3 Å². The SMILES string of the molecule is COc1cc([C@@H](C)O)ccc1OC1CCCCC1. The molecule has 2 rings (SSSR count). The molecule has 1 aromatic carbocycles. The number of benzene rings is 1. The Bertz CT molecular complexity index is 381. The molecule has 0 spiro atoms. The summed E-state index contributed by atoms with van der Waals surface area (Å²) in [4.78, 5) is 0. The molecule has 1 aliphatic carbocycles. The van der Waals surface area contributed by atoms with Crippen LogP contribution in [0.15, 0.2) is 18.2 Å². The molecule has 18 heavy (non-hydrogen) atoms. The van der Waals surface area contributed by atoms with Gasteiger partial charge in [-0.1, -0.05) is 12.5 Å². The van der Waals surface area contributed by atoms with Gasteiger partial charge in [0.2, 0.25) is 0 Å². The van der Waals surface area contributed by atoms with Crippen molar-refractivity contribution in [1.82, 2.24) is 0 Å².